The lowest BCUT2D eigenvalue weighted by Crippen LogP contribution is -2.54. The van der Waals surface area contributed by atoms with Crippen LogP contribution >= 0.6 is 23.4 Å². The molecule has 0 radical (unpaired) electrons. The topological polar surface area (TPSA) is 49.4 Å². The maximum atomic E-state index is 13.7. The van der Waals surface area contributed by atoms with Crippen LogP contribution < -0.4 is 5.32 Å². The lowest BCUT2D eigenvalue weighted by molar-refractivity contribution is -0.141. The van der Waals surface area contributed by atoms with Crippen LogP contribution in [0, 0.1) is 6.92 Å². The molecule has 0 bridgehead atoms. The number of hydrogen-bond donors (Lipinski definition) is 1. The summed E-state index contributed by atoms with van der Waals surface area (Å²) >= 11 is 7.89. The van der Waals surface area contributed by atoms with Gasteiger partial charge < -0.3 is 10.2 Å². The molecule has 0 saturated carbocycles. The van der Waals surface area contributed by atoms with E-state index in [1.54, 1.807) is 16.7 Å². The van der Waals surface area contributed by atoms with Gasteiger partial charge >= 0.3 is 0 Å². The highest BCUT2D eigenvalue weighted by Gasteiger charge is 2.32. The van der Waals surface area contributed by atoms with Gasteiger partial charge in [-0.25, -0.2) is 0 Å². The van der Waals surface area contributed by atoms with Crippen LogP contribution in [0.2, 0.25) is 5.02 Å². The number of amides is 2. The van der Waals surface area contributed by atoms with Gasteiger partial charge in [0.2, 0.25) is 11.8 Å². The molecule has 190 valence electrons. The highest BCUT2D eigenvalue weighted by Crippen LogP contribution is 2.22. The molecule has 0 heterocycles. The second-order valence-corrected chi connectivity index (χ2v) is 11.6. The van der Waals surface area contributed by atoms with Crippen LogP contribution in [0.3, 0.4) is 0 Å². The Bertz CT molecular complexity index is 1140. The lowest BCUT2D eigenvalue weighted by Gasteiger charge is -2.34. The van der Waals surface area contributed by atoms with E-state index in [1.807, 2.05) is 75.4 Å². The third-order valence-electron chi connectivity index (χ3n) is 5.62. The molecule has 0 aliphatic heterocycles. The van der Waals surface area contributed by atoms with Gasteiger partial charge in [0, 0.05) is 40.6 Å². The number of benzene rings is 3. The fourth-order valence-electron chi connectivity index (χ4n) is 3.87. The molecular weight excluding hydrogens is 488 g/mol. The van der Waals surface area contributed by atoms with E-state index < -0.39 is 11.6 Å². The normalized spacial score (nSPS) is 12.1. The summed E-state index contributed by atoms with van der Waals surface area (Å²) in [5.74, 6) is 0.417. The molecule has 3 rings (SSSR count). The zero-order chi connectivity index (χ0) is 26.1. The summed E-state index contributed by atoms with van der Waals surface area (Å²) in [6.07, 6.45) is 0.757. The molecule has 0 spiro atoms. The van der Waals surface area contributed by atoms with Crippen LogP contribution in [0.15, 0.2) is 83.8 Å². The van der Waals surface area contributed by atoms with E-state index in [4.69, 9.17) is 11.6 Å². The Hall–Kier alpha value is -2.76. The van der Waals surface area contributed by atoms with E-state index in [1.165, 1.54) is 5.56 Å². The molecule has 6 heteroatoms. The Balaban J connectivity index is 1.86. The molecule has 4 nitrogen and oxygen atoms in total. The van der Waals surface area contributed by atoms with Crippen LogP contribution in [-0.2, 0) is 22.6 Å². The lowest BCUT2D eigenvalue weighted by atomic mass is 10.0. The molecule has 0 aromatic heterocycles. The molecule has 0 unspecified atom stereocenters. The molecule has 0 fully saturated rings. The number of rotatable bonds is 10. The van der Waals surface area contributed by atoms with Crippen molar-refractivity contribution in [2.45, 2.75) is 63.6 Å². The second kappa shape index (κ2) is 13.0. The van der Waals surface area contributed by atoms with Crippen molar-refractivity contribution < 1.29 is 9.59 Å². The largest absolute Gasteiger partial charge is 0.350 e. The molecule has 0 saturated heterocycles. The summed E-state index contributed by atoms with van der Waals surface area (Å²) in [6, 6.07) is 24.9. The van der Waals surface area contributed by atoms with Crippen molar-refractivity contribution in [1.29, 1.82) is 0 Å². The molecule has 3 aromatic rings. The first-order valence-electron chi connectivity index (χ1n) is 12.2. The number of carbonyl (C=O) groups is 2. The summed E-state index contributed by atoms with van der Waals surface area (Å²) in [7, 11) is 0. The van der Waals surface area contributed by atoms with Gasteiger partial charge in [0.25, 0.3) is 0 Å². The molecule has 0 aliphatic rings. The van der Waals surface area contributed by atoms with Crippen molar-refractivity contribution in [3.8, 4) is 0 Å². The van der Waals surface area contributed by atoms with Gasteiger partial charge in [0.05, 0.1) is 0 Å². The Morgan fingerprint density at radius 1 is 0.944 bits per heavy atom. The van der Waals surface area contributed by atoms with Crippen molar-refractivity contribution in [3.63, 3.8) is 0 Å². The number of nitrogens with zero attached hydrogens (tertiary/aromatic N) is 1. The number of aryl methyl sites for hydroxylation is 1. The quantitative estimate of drug-likeness (QED) is 0.302. The molecule has 1 atom stereocenters. The standard InChI is InChI=1S/C30H35ClN2O2S/c1-22-13-15-26(16-14-22)36-18-17-28(34)33(21-24-11-8-12-25(31)19-24)27(29(35)32-30(2,3)4)20-23-9-6-5-7-10-23/h5-16,19,27H,17-18,20-21H2,1-4H3,(H,32,35)/t27-/m1/s1. The number of thioether (sulfide) groups is 1. The van der Waals surface area contributed by atoms with E-state index in [9.17, 15) is 9.59 Å². The molecule has 3 aromatic carbocycles. The number of nitrogens with one attached hydrogen (secondary N) is 1. The van der Waals surface area contributed by atoms with Gasteiger partial charge in [-0.3, -0.25) is 9.59 Å². The summed E-state index contributed by atoms with van der Waals surface area (Å²) < 4.78 is 0. The van der Waals surface area contributed by atoms with E-state index in [-0.39, 0.29) is 11.8 Å². The minimum absolute atomic E-state index is 0.0559. The van der Waals surface area contributed by atoms with Crippen molar-refractivity contribution in [1.82, 2.24) is 10.2 Å². The summed E-state index contributed by atoms with van der Waals surface area (Å²) in [6.45, 7) is 8.22. The fraction of sp³-hybridized carbons (Fsp3) is 0.333. The number of halogens is 1. The smallest absolute Gasteiger partial charge is 0.243 e. The van der Waals surface area contributed by atoms with Crippen LogP contribution in [-0.4, -0.2) is 34.0 Å². The van der Waals surface area contributed by atoms with Gasteiger partial charge in [-0.2, -0.15) is 0 Å². The SMILES string of the molecule is Cc1ccc(SCCC(=O)N(Cc2cccc(Cl)c2)[C@H](Cc2ccccc2)C(=O)NC(C)(C)C)cc1. The Kier molecular flexibility index (Phi) is 10.0. The predicted molar refractivity (Wildman–Crippen MR) is 150 cm³/mol. The van der Waals surface area contributed by atoms with Gasteiger partial charge in [-0.1, -0.05) is 71.8 Å². The Morgan fingerprint density at radius 3 is 2.25 bits per heavy atom. The van der Waals surface area contributed by atoms with E-state index in [2.05, 4.69) is 36.5 Å². The van der Waals surface area contributed by atoms with E-state index in [0.717, 1.165) is 16.0 Å². The van der Waals surface area contributed by atoms with Gasteiger partial charge in [-0.05, 0) is 63.1 Å². The zero-order valence-corrected chi connectivity index (χ0v) is 23.0. The van der Waals surface area contributed by atoms with Crippen molar-refractivity contribution in [2.24, 2.45) is 0 Å². The summed E-state index contributed by atoms with van der Waals surface area (Å²) in [5, 5.41) is 3.70. The van der Waals surface area contributed by atoms with Crippen LogP contribution in [0.4, 0.5) is 0 Å². The number of carbonyl (C=O) groups excluding carboxylic acids is 2. The molecular formula is C30H35ClN2O2S. The van der Waals surface area contributed by atoms with Crippen LogP contribution in [0.25, 0.3) is 0 Å². The third-order valence-corrected chi connectivity index (χ3v) is 6.87. The first-order chi connectivity index (χ1) is 17.1. The Morgan fingerprint density at radius 2 is 1.61 bits per heavy atom. The van der Waals surface area contributed by atoms with Crippen LogP contribution in [0.5, 0.6) is 0 Å². The Labute approximate surface area is 224 Å². The van der Waals surface area contributed by atoms with Gasteiger partial charge in [0.1, 0.15) is 6.04 Å². The van der Waals surface area contributed by atoms with E-state index >= 15 is 0 Å². The highest BCUT2D eigenvalue weighted by molar-refractivity contribution is 7.99. The maximum Gasteiger partial charge on any atom is 0.243 e. The van der Waals surface area contributed by atoms with Gasteiger partial charge in [0.15, 0.2) is 0 Å². The summed E-state index contributed by atoms with van der Waals surface area (Å²) in [4.78, 5) is 30.1. The van der Waals surface area contributed by atoms with Crippen molar-refractivity contribution in [3.05, 3.63) is 101 Å². The van der Waals surface area contributed by atoms with Crippen molar-refractivity contribution in [2.75, 3.05) is 5.75 Å². The third kappa shape index (κ3) is 9.03. The minimum atomic E-state index is -0.650. The monoisotopic (exact) mass is 522 g/mol. The molecule has 2 amide bonds. The average molecular weight is 523 g/mol. The second-order valence-electron chi connectivity index (χ2n) is 10.0. The number of hydrogen-bond acceptors (Lipinski definition) is 3. The molecule has 1 N–H and O–H groups in total. The molecule has 36 heavy (non-hydrogen) atoms. The maximum absolute atomic E-state index is 13.7. The fourth-order valence-corrected chi connectivity index (χ4v) is 4.93. The zero-order valence-electron chi connectivity index (χ0n) is 21.5. The van der Waals surface area contributed by atoms with Gasteiger partial charge in [-0.15, -0.1) is 11.8 Å². The van der Waals surface area contributed by atoms with E-state index in [0.29, 0.717) is 30.2 Å². The summed E-state index contributed by atoms with van der Waals surface area (Å²) in [5.41, 5.74) is 2.68. The van der Waals surface area contributed by atoms with Crippen molar-refractivity contribution >= 4 is 35.2 Å². The first-order valence-corrected chi connectivity index (χ1v) is 13.6. The first kappa shape index (κ1) is 27.8. The predicted octanol–water partition coefficient (Wildman–Crippen LogP) is 6.69. The minimum Gasteiger partial charge on any atom is -0.350 e. The average Bonchev–Trinajstić information content (AvgIpc) is 2.82. The molecule has 0 aliphatic carbocycles. The van der Waals surface area contributed by atoms with Crippen LogP contribution in [0.1, 0.15) is 43.9 Å². The highest BCUT2D eigenvalue weighted by atomic mass is 35.5.